The average Bonchev–Trinajstić information content (AvgIpc) is 3.06. The third-order valence-electron chi connectivity index (χ3n) is 4.54. The number of rotatable bonds is 6. The van der Waals surface area contributed by atoms with E-state index in [-0.39, 0.29) is 11.1 Å². The van der Waals surface area contributed by atoms with Crippen LogP contribution in [0.2, 0.25) is 0 Å². The van der Waals surface area contributed by atoms with Crippen molar-refractivity contribution in [2.75, 3.05) is 19.8 Å². The lowest BCUT2D eigenvalue weighted by Crippen LogP contribution is -2.42. The van der Waals surface area contributed by atoms with E-state index in [1.54, 1.807) is 24.1 Å². The van der Waals surface area contributed by atoms with Crippen molar-refractivity contribution in [3.05, 3.63) is 30.7 Å². The number of hydrogen-bond acceptors (Lipinski definition) is 5. The lowest BCUT2D eigenvalue weighted by Gasteiger charge is -2.33. The largest absolute Gasteiger partial charge is 0.379 e. The Morgan fingerprint density at radius 3 is 2.83 bits per heavy atom. The molecular weight excluding hydrogens is 330 g/mol. The van der Waals surface area contributed by atoms with Crippen molar-refractivity contribution in [1.82, 2.24) is 23.4 Å². The van der Waals surface area contributed by atoms with Crippen LogP contribution < -0.4 is 0 Å². The zero-order valence-electron chi connectivity index (χ0n) is 13.6. The molecule has 0 amide bonds. The quantitative estimate of drug-likeness (QED) is 0.768. The Labute approximate surface area is 141 Å². The SMILES string of the molecule is Cn1cnc(S(=O)(=O)N2Cc3cncn3[C@H](COCC3CC3)C2)c1. The van der Waals surface area contributed by atoms with Crippen molar-refractivity contribution in [2.45, 2.75) is 30.5 Å². The van der Waals surface area contributed by atoms with E-state index < -0.39 is 10.0 Å². The van der Waals surface area contributed by atoms with Gasteiger partial charge in [0.25, 0.3) is 10.0 Å². The molecule has 8 nitrogen and oxygen atoms in total. The summed E-state index contributed by atoms with van der Waals surface area (Å²) < 4.78 is 36.6. The van der Waals surface area contributed by atoms with Gasteiger partial charge in [-0.25, -0.2) is 18.4 Å². The van der Waals surface area contributed by atoms with Crippen LogP contribution in [-0.4, -0.2) is 51.6 Å². The number of aromatic nitrogens is 4. The molecule has 1 aliphatic carbocycles. The molecule has 0 saturated heterocycles. The number of nitrogens with zero attached hydrogens (tertiary/aromatic N) is 5. The van der Waals surface area contributed by atoms with Crippen molar-refractivity contribution in [2.24, 2.45) is 13.0 Å². The number of fused-ring (bicyclic) bond motifs is 1. The second kappa shape index (κ2) is 5.98. The Balaban J connectivity index is 1.54. The molecule has 1 fully saturated rings. The molecule has 130 valence electrons. The molecule has 1 aliphatic heterocycles. The molecule has 2 aliphatic rings. The second-order valence-corrected chi connectivity index (χ2v) is 8.49. The van der Waals surface area contributed by atoms with E-state index in [1.807, 2.05) is 4.57 Å². The summed E-state index contributed by atoms with van der Waals surface area (Å²) >= 11 is 0. The molecule has 1 atom stereocenters. The van der Waals surface area contributed by atoms with Crippen molar-refractivity contribution >= 4 is 10.0 Å². The molecule has 2 aromatic heterocycles. The van der Waals surface area contributed by atoms with Crippen LogP contribution in [0.15, 0.2) is 30.1 Å². The van der Waals surface area contributed by atoms with Gasteiger partial charge in [-0.05, 0) is 18.8 Å². The van der Waals surface area contributed by atoms with Gasteiger partial charge < -0.3 is 13.9 Å². The molecule has 0 bridgehead atoms. The summed E-state index contributed by atoms with van der Waals surface area (Å²) in [6.07, 6.45) is 8.97. The van der Waals surface area contributed by atoms with E-state index in [2.05, 4.69) is 9.97 Å². The Bertz CT molecular complexity index is 824. The fourth-order valence-corrected chi connectivity index (χ4v) is 4.39. The molecule has 9 heteroatoms. The first-order chi connectivity index (χ1) is 11.5. The van der Waals surface area contributed by atoms with Crippen LogP contribution in [0.5, 0.6) is 0 Å². The predicted octanol–water partition coefficient (Wildman–Crippen LogP) is 0.789. The van der Waals surface area contributed by atoms with Crippen molar-refractivity contribution < 1.29 is 13.2 Å². The molecule has 0 spiro atoms. The highest BCUT2D eigenvalue weighted by molar-refractivity contribution is 7.89. The minimum absolute atomic E-state index is 0.0616. The summed E-state index contributed by atoms with van der Waals surface area (Å²) in [5.74, 6) is 0.684. The summed E-state index contributed by atoms with van der Waals surface area (Å²) in [7, 11) is -1.86. The van der Waals surface area contributed by atoms with E-state index in [4.69, 9.17) is 4.74 Å². The maximum atomic E-state index is 12.8. The van der Waals surface area contributed by atoms with Gasteiger partial charge in [0.2, 0.25) is 0 Å². The van der Waals surface area contributed by atoms with Crippen LogP contribution in [0.1, 0.15) is 24.6 Å². The fourth-order valence-electron chi connectivity index (χ4n) is 2.98. The molecule has 0 radical (unpaired) electrons. The highest BCUT2D eigenvalue weighted by Crippen LogP contribution is 2.30. The number of ether oxygens (including phenoxy) is 1. The highest BCUT2D eigenvalue weighted by Gasteiger charge is 2.35. The molecule has 0 unspecified atom stereocenters. The molecular formula is C15H21N5O3S. The first-order valence-electron chi connectivity index (χ1n) is 8.10. The maximum absolute atomic E-state index is 12.8. The van der Waals surface area contributed by atoms with Gasteiger partial charge in [0.15, 0.2) is 5.03 Å². The van der Waals surface area contributed by atoms with Crippen LogP contribution in [0.3, 0.4) is 0 Å². The average molecular weight is 351 g/mol. The highest BCUT2D eigenvalue weighted by atomic mass is 32.2. The topological polar surface area (TPSA) is 82.3 Å². The monoisotopic (exact) mass is 351 g/mol. The molecule has 3 heterocycles. The van der Waals surface area contributed by atoms with Crippen LogP contribution in [0, 0.1) is 5.92 Å². The lowest BCUT2D eigenvalue weighted by molar-refractivity contribution is 0.0793. The van der Waals surface area contributed by atoms with E-state index >= 15 is 0 Å². The van der Waals surface area contributed by atoms with E-state index in [0.717, 1.165) is 12.3 Å². The van der Waals surface area contributed by atoms with Crippen LogP contribution in [-0.2, 0) is 28.4 Å². The van der Waals surface area contributed by atoms with Gasteiger partial charge in [0.05, 0.1) is 37.5 Å². The normalized spacial score (nSPS) is 21.8. The van der Waals surface area contributed by atoms with E-state index in [0.29, 0.717) is 25.6 Å². The smallest absolute Gasteiger partial charge is 0.262 e. The molecule has 0 aromatic carbocycles. The van der Waals surface area contributed by atoms with Gasteiger partial charge in [-0.2, -0.15) is 4.31 Å². The third kappa shape index (κ3) is 2.99. The van der Waals surface area contributed by atoms with E-state index in [1.165, 1.54) is 29.7 Å². The Morgan fingerprint density at radius 1 is 1.29 bits per heavy atom. The first kappa shape index (κ1) is 15.8. The fraction of sp³-hybridized carbons (Fsp3) is 0.600. The zero-order valence-corrected chi connectivity index (χ0v) is 14.4. The number of aryl methyl sites for hydroxylation is 1. The standard InChI is InChI=1S/C15H21N5O3S/c1-18-7-15(17-11-18)24(21,22)19-5-13-4-16-10-20(13)14(6-19)9-23-8-12-2-3-12/h4,7,10-12,14H,2-3,5-6,8-9H2,1H3/t14-/m0/s1. The molecule has 1 saturated carbocycles. The Morgan fingerprint density at radius 2 is 2.12 bits per heavy atom. The summed E-state index contributed by atoms with van der Waals surface area (Å²) in [6, 6.07) is -0.0616. The van der Waals surface area contributed by atoms with Crippen LogP contribution in [0.4, 0.5) is 0 Å². The zero-order chi connectivity index (χ0) is 16.7. The van der Waals surface area contributed by atoms with Gasteiger partial charge in [-0.15, -0.1) is 0 Å². The summed E-state index contributed by atoms with van der Waals surface area (Å²) in [6.45, 7) is 1.92. The maximum Gasteiger partial charge on any atom is 0.262 e. The van der Waals surface area contributed by atoms with Gasteiger partial charge in [-0.1, -0.05) is 0 Å². The molecule has 24 heavy (non-hydrogen) atoms. The Kier molecular flexibility index (Phi) is 3.93. The van der Waals surface area contributed by atoms with Crippen LogP contribution in [0.25, 0.3) is 0 Å². The number of imidazole rings is 2. The van der Waals surface area contributed by atoms with Gasteiger partial charge in [-0.3, -0.25) is 0 Å². The summed E-state index contributed by atoms with van der Waals surface area (Å²) in [5.41, 5.74) is 0.876. The minimum atomic E-state index is -3.62. The third-order valence-corrected chi connectivity index (χ3v) is 6.24. The van der Waals surface area contributed by atoms with E-state index in [9.17, 15) is 8.42 Å². The first-order valence-corrected chi connectivity index (χ1v) is 9.54. The van der Waals surface area contributed by atoms with Gasteiger partial charge in [0, 0.05) is 32.6 Å². The van der Waals surface area contributed by atoms with Crippen molar-refractivity contribution in [3.8, 4) is 0 Å². The summed E-state index contributed by atoms with van der Waals surface area (Å²) in [4.78, 5) is 8.17. The number of hydrogen-bond donors (Lipinski definition) is 0. The molecule has 4 rings (SSSR count). The van der Waals surface area contributed by atoms with Crippen molar-refractivity contribution in [1.29, 1.82) is 0 Å². The van der Waals surface area contributed by atoms with Gasteiger partial charge in [0.1, 0.15) is 0 Å². The summed E-state index contributed by atoms with van der Waals surface area (Å²) in [5, 5.41) is 0.0793. The lowest BCUT2D eigenvalue weighted by atomic mass is 10.2. The second-order valence-electron chi connectivity index (χ2n) is 6.60. The molecule has 2 aromatic rings. The minimum Gasteiger partial charge on any atom is -0.379 e. The van der Waals surface area contributed by atoms with Crippen molar-refractivity contribution in [3.63, 3.8) is 0 Å². The molecule has 0 N–H and O–H groups in total. The van der Waals surface area contributed by atoms with Gasteiger partial charge >= 0.3 is 0 Å². The van der Waals surface area contributed by atoms with Crippen LogP contribution >= 0.6 is 0 Å². The number of sulfonamides is 1. The predicted molar refractivity (Wildman–Crippen MR) is 85.6 cm³/mol. The Hall–Kier alpha value is -1.71.